The van der Waals surface area contributed by atoms with Crippen LogP contribution in [0.2, 0.25) is 0 Å². The second kappa shape index (κ2) is 8.31. The maximum atomic E-state index is 8.89. The van der Waals surface area contributed by atoms with E-state index < -0.39 is 0 Å². The number of hydrogen-bond acceptors (Lipinski definition) is 3. The van der Waals surface area contributed by atoms with Gasteiger partial charge in [-0.15, -0.1) is 0 Å². The van der Waals surface area contributed by atoms with E-state index in [1.165, 1.54) is 37.7 Å². The maximum Gasteiger partial charge on any atom is 0.142 e. The molecule has 1 saturated carbocycles. The molecular weight excluding hydrogens is 296 g/mol. The van der Waals surface area contributed by atoms with Gasteiger partial charge in [-0.25, -0.2) is 0 Å². The minimum Gasteiger partial charge on any atom is -0.390 e. The molecule has 121 valence electrons. The van der Waals surface area contributed by atoms with Crippen LogP contribution in [0, 0.1) is 11.3 Å². The molecule has 3 nitrogen and oxygen atoms in total. The van der Waals surface area contributed by atoms with E-state index in [9.17, 15) is 0 Å². The third-order valence-electron chi connectivity index (χ3n) is 4.49. The lowest BCUT2D eigenvalue weighted by atomic mass is 9.84. The van der Waals surface area contributed by atoms with Crippen molar-refractivity contribution in [3.05, 3.63) is 70.8 Å². The van der Waals surface area contributed by atoms with Crippen LogP contribution >= 0.6 is 0 Å². The minimum atomic E-state index is 0.338. The lowest BCUT2D eigenvalue weighted by Crippen LogP contribution is -2.04. The molecule has 0 bridgehead atoms. The Bertz CT molecular complexity index is 739. The lowest BCUT2D eigenvalue weighted by Gasteiger charge is -2.22. The van der Waals surface area contributed by atoms with E-state index in [2.05, 4.69) is 35.6 Å². The zero-order valence-electron chi connectivity index (χ0n) is 13.7. The number of rotatable bonds is 5. The number of benzene rings is 2. The average Bonchev–Trinajstić information content (AvgIpc) is 2.66. The van der Waals surface area contributed by atoms with Crippen molar-refractivity contribution in [3.8, 4) is 6.07 Å². The molecule has 1 aliphatic rings. The molecule has 0 amide bonds. The molecule has 1 radical (unpaired) electrons. The number of hydrogen-bond donors (Lipinski definition) is 0. The molecule has 2 aromatic carbocycles. The Morgan fingerprint density at radius 2 is 1.79 bits per heavy atom. The van der Waals surface area contributed by atoms with Crippen LogP contribution in [-0.2, 0) is 11.4 Å². The van der Waals surface area contributed by atoms with Crippen LogP contribution in [-0.4, -0.2) is 6.21 Å². The predicted octanol–water partition coefficient (Wildman–Crippen LogP) is 5.03. The van der Waals surface area contributed by atoms with Crippen molar-refractivity contribution < 1.29 is 4.84 Å². The van der Waals surface area contributed by atoms with Gasteiger partial charge in [0.05, 0.1) is 11.6 Å². The fourth-order valence-corrected chi connectivity index (χ4v) is 3.22. The standard InChI is InChI=1S/C21H21N2O/c22-14-17-6-4-8-19(12-17)16-24-23-15-18-7-5-11-21(13-18)20-9-2-1-3-10-20/h4-8,11-13,20H,1-3,9-10,16H2. The third kappa shape index (κ3) is 4.45. The Kier molecular flexibility index (Phi) is 5.63. The van der Waals surface area contributed by atoms with E-state index in [0.29, 0.717) is 18.1 Å². The smallest absolute Gasteiger partial charge is 0.142 e. The van der Waals surface area contributed by atoms with Gasteiger partial charge in [-0.3, -0.25) is 0 Å². The monoisotopic (exact) mass is 317 g/mol. The van der Waals surface area contributed by atoms with Gasteiger partial charge in [0.2, 0.25) is 0 Å². The molecule has 24 heavy (non-hydrogen) atoms. The molecule has 0 unspecified atom stereocenters. The van der Waals surface area contributed by atoms with Crippen molar-refractivity contribution >= 4 is 6.21 Å². The summed E-state index contributed by atoms with van der Waals surface area (Å²) < 4.78 is 0. The summed E-state index contributed by atoms with van der Waals surface area (Å²) in [6.07, 6.45) is 9.56. The van der Waals surface area contributed by atoms with Crippen LogP contribution < -0.4 is 0 Å². The Hall–Kier alpha value is -2.60. The first-order valence-corrected chi connectivity index (χ1v) is 8.52. The molecule has 1 fully saturated rings. The maximum absolute atomic E-state index is 8.89. The van der Waals surface area contributed by atoms with Gasteiger partial charge in [0.15, 0.2) is 0 Å². The molecule has 0 spiro atoms. The van der Waals surface area contributed by atoms with Crippen molar-refractivity contribution in [1.82, 2.24) is 0 Å². The molecule has 1 aliphatic carbocycles. The van der Waals surface area contributed by atoms with Gasteiger partial charge in [0.25, 0.3) is 0 Å². The van der Waals surface area contributed by atoms with Gasteiger partial charge in [0.1, 0.15) is 12.8 Å². The normalized spacial score (nSPS) is 15.3. The Morgan fingerprint density at radius 1 is 1.00 bits per heavy atom. The molecule has 2 aromatic rings. The highest BCUT2D eigenvalue weighted by Crippen LogP contribution is 2.32. The van der Waals surface area contributed by atoms with Crippen LogP contribution in [0.25, 0.3) is 0 Å². The van der Waals surface area contributed by atoms with Gasteiger partial charge in [0, 0.05) is 5.56 Å². The predicted molar refractivity (Wildman–Crippen MR) is 94.8 cm³/mol. The Morgan fingerprint density at radius 3 is 2.62 bits per heavy atom. The summed E-state index contributed by atoms with van der Waals surface area (Å²) in [6, 6.07) is 17.9. The number of nitrogens with zero attached hydrogens (tertiary/aromatic N) is 2. The Balaban J connectivity index is 1.57. The van der Waals surface area contributed by atoms with E-state index in [0.717, 1.165) is 11.1 Å². The summed E-state index contributed by atoms with van der Waals surface area (Å²) in [5.74, 6) is 0.676. The molecule has 0 saturated heterocycles. The molecule has 0 aliphatic heterocycles. The van der Waals surface area contributed by atoms with Crippen molar-refractivity contribution in [1.29, 1.82) is 5.26 Å². The molecule has 0 heterocycles. The van der Waals surface area contributed by atoms with Crippen LogP contribution in [0.3, 0.4) is 0 Å². The van der Waals surface area contributed by atoms with Crippen molar-refractivity contribution in [2.24, 2.45) is 5.16 Å². The topological polar surface area (TPSA) is 45.4 Å². The number of nitriles is 1. The van der Waals surface area contributed by atoms with Crippen molar-refractivity contribution in [2.45, 2.75) is 44.6 Å². The zero-order chi connectivity index (χ0) is 16.6. The molecular formula is C21H21N2O. The van der Waals surface area contributed by atoms with Crippen LogP contribution in [0.5, 0.6) is 0 Å². The molecule has 0 N–H and O–H groups in total. The van der Waals surface area contributed by atoms with Gasteiger partial charge < -0.3 is 4.84 Å². The summed E-state index contributed by atoms with van der Waals surface area (Å²) in [5.41, 5.74) is 3.89. The van der Waals surface area contributed by atoms with Gasteiger partial charge in [-0.05, 0) is 48.1 Å². The molecule has 0 atom stereocenters. The summed E-state index contributed by atoms with van der Waals surface area (Å²) in [6.45, 7) is 0.338. The molecule has 0 aromatic heterocycles. The largest absolute Gasteiger partial charge is 0.390 e. The minimum absolute atomic E-state index is 0.338. The van der Waals surface area contributed by atoms with Gasteiger partial charge in [-0.2, -0.15) is 5.26 Å². The fourth-order valence-electron chi connectivity index (χ4n) is 3.22. The first-order chi connectivity index (χ1) is 11.8. The van der Waals surface area contributed by atoms with Gasteiger partial charge in [-0.1, -0.05) is 54.8 Å². The molecule has 3 heteroatoms. The second-order valence-electron chi connectivity index (χ2n) is 6.25. The first-order valence-electron chi connectivity index (χ1n) is 8.52. The van der Waals surface area contributed by atoms with E-state index in [1.54, 1.807) is 12.1 Å². The van der Waals surface area contributed by atoms with Crippen LogP contribution in [0.1, 0.15) is 60.3 Å². The SMILES string of the molecule is N#Cc1cccc(CO/N=[C]\c2cccc(C3CCCCC3)c2)c1. The van der Waals surface area contributed by atoms with E-state index in [4.69, 9.17) is 10.1 Å². The van der Waals surface area contributed by atoms with Crippen molar-refractivity contribution in [2.75, 3.05) is 0 Å². The highest BCUT2D eigenvalue weighted by atomic mass is 16.6. The molecule has 3 rings (SSSR count). The van der Waals surface area contributed by atoms with Crippen LogP contribution in [0.4, 0.5) is 0 Å². The van der Waals surface area contributed by atoms with E-state index >= 15 is 0 Å². The lowest BCUT2D eigenvalue weighted by molar-refractivity contribution is 0.132. The van der Waals surface area contributed by atoms with E-state index in [-0.39, 0.29) is 0 Å². The Labute approximate surface area is 143 Å². The summed E-state index contributed by atoms with van der Waals surface area (Å²) in [7, 11) is 0. The summed E-state index contributed by atoms with van der Waals surface area (Å²) in [5, 5.41) is 12.8. The third-order valence-corrected chi connectivity index (χ3v) is 4.49. The zero-order valence-corrected chi connectivity index (χ0v) is 13.7. The van der Waals surface area contributed by atoms with Gasteiger partial charge >= 0.3 is 0 Å². The van der Waals surface area contributed by atoms with E-state index in [1.807, 2.05) is 18.2 Å². The highest BCUT2D eigenvalue weighted by Gasteiger charge is 2.15. The first kappa shape index (κ1) is 16.3. The van der Waals surface area contributed by atoms with Crippen molar-refractivity contribution in [3.63, 3.8) is 0 Å². The highest BCUT2D eigenvalue weighted by molar-refractivity contribution is 5.79. The fraction of sp³-hybridized carbons (Fsp3) is 0.333. The average molecular weight is 317 g/mol. The quantitative estimate of drug-likeness (QED) is 0.573. The summed E-state index contributed by atoms with van der Waals surface area (Å²) in [4.78, 5) is 5.31. The summed E-state index contributed by atoms with van der Waals surface area (Å²) >= 11 is 0. The van der Waals surface area contributed by atoms with Crippen LogP contribution in [0.15, 0.2) is 53.7 Å². The second-order valence-corrected chi connectivity index (χ2v) is 6.25.